The summed E-state index contributed by atoms with van der Waals surface area (Å²) in [6, 6.07) is 8.79. The van der Waals surface area contributed by atoms with Crippen LogP contribution in [0.15, 0.2) is 34.8 Å². The molecule has 19 heavy (non-hydrogen) atoms. The molecule has 0 amide bonds. The summed E-state index contributed by atoms with van der Waals surface area (Å²) in [5, 5.41) is 14.0. The number of rotatable bonds is 5. The van der Waals surface area contributed by atoms with E-state index in [-0.39, 0.29) is 10.6 Å². The molecule has 1 aromatic heterocycles. The molecule has 0 aliphatic rings. The van der Waals surface area contributed by atoms with Gasteiger partial charge in [-0.15, -0.1) is 11.3 Å². The van der Waals surface area contributed by atoms with Gasteiger partial charge in [-0.3, -0.25) is 10.1 Å². The molecule has 6 heteroatoms. The van der Waals surface area contributed by atoms with Crippen molar-refractivity contribution < 1.29 is 4.92 Å². The van der Waals surface area contributed by atoms with Crippen molar-refractivity contribution in [2.75, 3.05) is 0 Å². The van der Waals surface area contributed by atoms with Gasteiger partial charge in [0.2, 0.25) is 0 Å². The number of nitrogens with one attached hydrogen (secondary N) is 1. The van der Waals surface area contributed by atoms with Crippen molar-refractivity contribution in [3.05, 3.63) is 60.2 Å². The van der Waals surface area contributed by atoms with E-state index >= 15 is 0 Å². The maximum absolute atomic E-state index is 10.7. The topological polar surface area (TPSA) is 55.2 Å². The van der Waals surface area contributed by atoms with Gasteiger partial charge >= 0.3 is 0 Å². The maximum Gasteiger partial charge on any atom is 0.269 e. The van der Waals surface area contributed by atoms with Crippen molar-refractivity contribution in [3.8, 4) is 0 Å². The number of thiophene rings is 1. The molecule has 2 rings (SSSR count). The van der Waals surface area contributed by atoms with E-state index in [9.17, 15) is 10.1 Å². The molecule has 1 aromatic carbocycles. The summed E-state index contributed by atoms with van der Waals surface area (Å²) in [4.78, 5) is 12.8. The van der Waals surface area contributed by atoms with E-state index in [1.807, 2.05) is 6.07 Å². The van der Waals surface area contributed by atoms with Crippen molar-refractivity contribution in [2.45, 2.75) is 20.0 Å². The minimum Gasteiger partial charge on any atom is -0.308 e. The van der Waals surface area contributed by atoms with Crippen LogP contribution in [-0.4, -0.2) is 4.92 Å². The van der Waals surface area contributed by atoms with Crippen molar-refractivity contribution in [1.82, 2.24) is 5.32 Å². The van der Waals surface area contributed by atoms with E-state index in [0.717, 1.165) is 16.6 Å². The molecule has 0 radical (unpaired) electrons. The SMILES string of the molecule is Cc1sc(CNCc2cccc([N+](=O)[O-])c2)cc1Br. The van der Waals surface area contributed by atoms with Gasteiger partial charge in [0.05, 0.1) is 4.92 Å². The zero-order valence-electron chi connectivity index (χ0n) is 10.4. The number of halogens is 1. The standard InChI is InChI=1S/C13H13BrN2O2S/c1-9-13(14)6-12(19-9)8-15-7-10-3-2-4-11(5-10)16(17)18/h2-6,15H,7-8H2,1H3. The fourth-order valence-corrected chi connectivity index (χ4v) is 3.29. The Bertz CT molecular complexity index is 579. The largest absolute Gasteiger partial charge is 0.308 e. The first-order chi connectivity index (χ1) is 9.06. The number of nitro groups is 1. The molecule has 0 saturated carbocycles. The Balaban J connectivity index is 1.92. The maximum atomic E-state index is 10.7. The van der Waals surface area contributed by atoms with Gasteiger partial charge in [0.15, 0.2) is 0 Å². The summed E-state index contributed by atoms with van der Waals surface area (Å²) >= 11 is 5.23. The molecule has 0 fully saturated rings. The first-order valence-corrected chi connectivity index (χ1v) is 7.36. The zero-order valence-corrected chi connectivity index (χ0v) is 12.8. The number of hydrogen-bond donors (Lipinski definition) is 1. The number of non-ortho nitro benzene ring substituents is 1. The predicted octanol–water partition coefficient (Wildman–Crippen LogP) is 4.02. The molecule has 1 N–H and O–H groups in total. The second-order valence-corrected chi connectivity index (χ2v) is 6.34. The molecule has 2 aromatic rings. The van der Waals surface area contributed by atoms with E-state index in [0.29, 0.717) is 6.54 Å². The molecule has 0 unspecified atom stereocenters. The third-order valence-electron chi connectivity index (χ3n) is 2.66. The minimum atomic E-state index is -0.372. The van der Waals surface area contributed by atoms with Gasteiger partial charge in [0, 0.05) is 39.4 Å². The van der Waals surface area contributed by atoms with Crippen LogP contribution in [0.3, 0.4) is 0 Å². The molecule has 1 heterocycles. The number of benzene rings is 1. The van der Waals surface area contributed by atoms with E-state index in [4.69, 9.17) is 0 Å². The van der Waals surface area contributed by atoms with Gasteiger partial charge < -0.3 is 5.32 Å². The fraction of sp³-hybridized carbons (Fsp3) is 0.231. The van der Waals surface area contributed by atoms with E-state index < -0.39 is 0 Å². The van der Waals surface area contributed by atoms with Crippen LogP contribution in [0.2, 0.25) is 0 Å². The highest BCUT2D eigenvalue weighted by Crippen LogP contribution is 2.26. The molecular weight excluding hydrogens is 328 g/mol. The fourth-order valence-electron chi connectivity index (χ4n) is 1.71. The van der Waals surface area contributed by atoms with Crippen molar-refractivity contribution >= 4 is 33.0 Å². The first-order valence-electron chi connectivity index (χ1n) is 5.75. The van der Waals surface area contributed by atoms with Crippen LogP contribution in [0.4, 0.5) is 5.69 Å². The summed E-state index contributed by atoms with van der Waals surface area (Å²) in [5.74, 6) is 0. The minimum absolute atomic E-state index is 0.133. The van der Waals surface area contributed by atoms with Crippen LogP contribution in [-0.2, 0) is 13.1 Å². The summed E-state index contributed by atoms with van der Waals surface area (Å²) in [7, 11) is 0. The van der Waals surface area contributed by atoms with Gasteiger partial charge in [-0.25, -0.2) is 0 Å². The molecule has 0 atom stereocenters. The van der Waals surface area contributed by atoms with Crippen LogP contribution in [0.1, 0.15) is 15.3 Å². The lowest BCUT2D eigenvalue weighted by molar-refractivity contribution is -0.384. The molecule has 0 aliphatic heterocycles. The smallest absolute Gasteiger partial charge is 0.269 e. The second kappa shape index (κ2) is 6.27. The average molecular weight is 341 g/mol. The second-order valence-electron chi connectivity index (χ2n) is 4.15. The van der Waals surface area contributed by atoms with Gasteiger partial charge in [-0.1, -0.05) is 12.1 Å². The Hall–Kier alpha value is -1.24. The van der Waals surface area contributed by atoms with Crippen LogP contribution in [0.5, 0.6) is 0 Å². The Kier molecular flexibility index (Phi) is 4.68. The van der Waals surface area contributed by atoms with Gasteiger partial charge in [-0.2, -0.15) is 0 Å². The monoisotopic (exact) mass is 340 g/mol. The molecule has 0 bridgehead atoms. The van der Waals surface area contributed by atoms with Crippen molar-refractivity contribution in [3.63, 3.8) is 0 Å². The highest BCUT2D eigenvalue weighted by molar-refractivity contribution is 9.10. The lowest BCUT2D eigenvalue weighted by Crippen LogP contribution is -2.11. The lowest BCUT2D eigenvalue weighted by atomic mass is 10.2. The number of nitrogens with zero attached hydrogens (tertiary/aromatic N) is 1. The Morgan fingerprint density at radius 2 is 2.16 bits per heavy atom. The third-order valence-corrected chi connectivity index (χ3v) is 4.79. The number of nitro benzene ring substituents is 1. The van der Waals surface area contributed by atoms with Crippen LogP contribution in [0.25, 0.3) is 0 Å². The van der Waals surface area contributed by atoms with E-state index in [2.05, 4.69) is 34.2 Å². The van der Waals surface area contributed by atoms with Crippen LogP contribution in [0, 0.1) is 17.0 Å². The van der Waals surface area contributed by atoms with Crippen molar-refractivity contribution in [1.29, 1.82) is 0 Å². The summed E-state index contributed by atoms with van der Waals surface area (Å²) in [6.45, 7) is 3.45. The number of hydrogen-bond acceptors (Lipinski definition) is 4. The first kappa shape index (κ1) is 14.2. The molecular formula is C13H13BrN2O2S. The normalized spacial score (nSPS) is 10.6. The summed E-state index contributed by atoms with van der Waals surface area (Å²) in [5.41, 5.74) is 1.05. The number of aryl methyl sites for hydroxylation is 1. The van der Waals surface area contributed by atoms with E-state index in [1.54, 1.807) is 23.5 Å². The van der Waals surface area contributed by atoms with Crippen LogP contribution < -0.4 is 5.32 Å². The third kappa shape index (κ3) is 3.86. The Morgan fingerprint density at radius 1 is 1.37 bits per heavy atom. The molecule has 100 valence electrons. The van der Waals surface area contributed by atoms with Gasteiger partial charge in [0.1, 0.15) is 0 Å². The molecule has 0 spiro atoms. The molecule has 0 saturated heterocycles. The Labute approximate surface area is 123 Å². The lowest BCUT2D eigenvalue weighted by Gasteiger charge is -2.03. The molecule has 0 aliphatic carbocycles. The quantitative estimate of drug-likeness (QED) is 0.660. The predicted molar refractivity (Wildman–Crippen MR) is 80.4 cm³/mol. The average Bonchev–Trinajstić information content (AvgIpc) is 2.69. The summed E-state index contributed by atoms with van der Waals surface area (Å²) in [6.07, 6.45) is 0. The van der Waals surface area contributed by atoms with E-state index in [1.165, 1.54) is 15.8 Å². The zero-order chi connectivity index (χ0) is 13.8. The van der Waals surface area contributed by atoms with Gasteiger partial charge in [-0.05, 0) is 34.5 Å². The summed E-state index contributed by atoms with van der Waals surface area (Å²) < 4.78 is 1.13. The Morgan fingerprint density at radius 3 is 2.79 bits per heavy atom. The van der Waals surface area contributed by atoms with Gasteiger partial charge in [0.25, 0.3) is 5.69 Å². The van der Waals surface area contributed by atoms with Crippen molar-refractivity contribution in [2.24, 2.45) is 0 Å². The highest BCUT2D eigenvalue weighted by atomic mass is 79.9. The molecule has 4 nitrogen and oxygen atoms in total. The highest BCUT2D eigenvalue weighted by Gasteiger charge is 2.06. The van der Waals surface area contributed by atoms with Crippen LogP contribution >= 0.6 is 27.3 Å².